The van der Waals surface area contributed by atoms with Gasteiger partial charge in [0.1, 0.15) is 5.60 Å². The second-order valence-electron chi connectivity index (χ2n) is 11.6. The van der Waals surface area contributed by atoms with Gasteiger partial charge >= 0.3 is 0 Å². The Morgan fingerprint density at radius 1 is 0.692 bits per heavy atom. The molecule has 2 aliphatic heterocycles. The number of anilines is 1. The van der Waals surface area contributed by atoms with Crippen LogP contribution in [0.15, 0.2) is 84.9 Å². The van der Waals surface area contributed by atoms with E-state index in [1.165, 1.54) is 24.9 Å². The zero-order chi connectivity index (χ0) is 26.9. The predicted molar refractivity (Wildman–Crippen MR) is 161 cm³/mol. The molecule has 4 heteroatoms. The maximum absolute atomic E-state index is 12.1. The number of rotatable bonds is 11. The van der Waals surface area contributed by atoms with Gasteiger partial charge in [0.15, 0.2) is 0 Å². The van der Waals surface area contributed by atoms with Crippen LogP contribution < -0.4 is 4.90 Å². The minimum atomic E-state index is -0.948. The minimum Gasteiger partial charge on any atom is -0.388 e. The smallest absolute Gasteiger partial charge is 0.117 e. The normalized spacial score (nSPS) is 18.3. The van der Waals surface area contributed by atoms with Gasteiger partial charge in [0.25, 0.3) is 0 Å². The molecule has 0 saturated carbocycles. The number of piperidine rings is 2. The average Bonchev–Trinajstić information content (AvgIpc) is 3.02. The highest BCUT2D eigenvalue weighted by molar-refractivity contribution is 5.48. The Kier molecular flexibility index (Phi) is 9.73. The number of hydrogen-bond donors (Lipinski definition) is 2. The third-order valence-electron chi connectivity index (χ3n) is 9.06. The Balaban J connectivity index is 1.05. The molecule has 0 spiro atoms. The zero-order valence-electron chi connectivity index (χ0n) is 23.4. The van der Waals surface area contributed by atoms with Gasteiger partial charge in [-0.3, -0.25) is 0 Å². The SMILES string of the molecule is OC(CCCCCN1CCC(C(O)(c2ccccc2)c2ccccc2)CC1)c1ccc(N2CCCCC2)cc1. The van der Waals surface area contributed by atoms with E-state index < -0.39 is 5.60 Å². The van der Waals surface area contributed by atoms with Gasteiger partial charge in [0.05, 0.1) is 6.10 Å². The molecule has 2 fully saturated rings. The fourth-order valence-electron chi connectivity index (χ4n) is 6.67. The van der Waals surface area contributed by atoms with Crippen molar-refractivity contribution >= 4 is 5.69 Å². The number of nitrogens with zero attached hydrogens (tertiary/aromatic N) is 2. The number of unbranched alkanes of at least 4 members (excludes halogenated alkanes) is 2. The summed E-state index contributed by atoms with van der Waals surface area (Å²) in [5.41, 5.74) is 3.38. The Morgan fingerprint density at radius 3 is 1.87 bits per heavy atom. The summed E-state index contributed by atoms with van der Waals surface area (Å²) in [6.45, 7) is 5.46. The van der Waals surface area contributed by atoms with Crippen molar-refractivity contribution in [2.45, 2.75) is 69.5 Å². The molecule has 0 aromatic heterocycles. The largest absolute Gasteiger partial charge is 0.388 e. The Hall–Kier alpha value is -2.66. The molecule has 0 radical (unpaired) electrons. The van der Waals surface area contributed by atoms with Gasteiger partial charge in [-0.25, -0.2) is 0 Å². The van der Waals surface area contributed by atoms with Crippen molar-refractivity contribution < 1.29 is 10.2 Å². The molecule has 3 aromatic rings. The zero-order valence-corrected chi connectivity index (χ0v) is 23.4. The van der Waals surface area contributed by atoms with Crippen LogP contribution in [-0.4, -0.2) is 47.8 Å². The second kappa shape index (κ2) is 13.6. The molecule has 1 atom stereocenters. The van der Waals surface area contributed by atoms with E-state index in [0.29, 0.717) is 0 Å². The van der Waals surface area contributed by atoms with Gasteiger partial charge in [0, 0.05) is 18.8 Å². The summed E-state index contributed by atoms with van der Waals surface area (Å²) in [6, 6.07) is 29.0. The summed E-state index contributed by atoms with van der Waals surface area (Å²) in [6.07, 6.45) is 9.70. The van der Waals surface area contributed by atoms with Crippen LogP contribution in [0.5, 0.6) is 0 Å². The van der Waals surface area contributed by atoms with Gasteiger partial charge in [-0.15, -0.1) is 0 Å². The quantitative estimate of drug-likeness (QED) is 0.266. The van der Waals surface area contributed by atoms with Crippen molar-refractivity contribution in [3.8, 4) is 0 Å². The summed E-state index contributed by atoms with van der Waals surface area (Å²) < 4.78 is 0. The second-order valence-corrected chi connectivity index (χ2v) is 11.6. The van der Waals surface area contributed by atoms with Crippen molar-refractivity contribution in [3.05, 3.63) is 102 Å². The standard InChI is InChI=1S/C35H46N2O2/c38-34(29-18-20-33(21-19-29)37-25-11-4-12-26-37)17-9-3-10-24-36-27-22-32(23-28-36)35(39,30-13-5-1-6-14-30)31-15-7-2-8-16-31/h1-2,5-8,13-16,18-21,32,34,38-39H,3-4,9-12,17,22-28H2. The van der Waals surface area contributed by atoms with Crippen LogP contribution in [0.4, 0.5) is 5.69 Å². The van der Waals surface area contributed by atoms with Gasteiger partial charge < -0.3 is 20.0 Å². The van der Waals surface area contributed by atoms with Crippen LogP contribution in [0.3, 0.4) is 0 Å². The van der Waals surface area contributed by atoms with Gasteiger partial charge in [-0.1, -0.05) is 85.6 Å². The van der Waals surface area contributed by atoms with Crippen molar-refractivity contribution in [1.82, 2.24) is 4.90 Å². The Labute approximate surface area is 235 Å². The number of aliphatic hydroxyl groups is 2. The topological polar surface area (TPSA) is 46.9 Å². The molecule has 4 nitrogen and oxygen atoms in total. The van der Waals surface area contributed by atoms with Crippen molar-refractivity contribution in [3.63, 3.8) is 0 Å². The fraction of sp³-hybridized carbons (Fsp3) is 0.486. The van der Waals surface area contributed by atoms with Crippen LogP contribution in [-0.2, 0) is 5.60 Å². The minimum absolute atomic E-state index is 0.204. The molecule has 208 valence electrons. The lowest BCUT2D eigenvalue weighted by Gasteiger charge is -2.42. The monoisotopic (exact) mass is 526 g/mol. The van der Waals surface area contributed by atoms with E-state index in [1.54, 1.807) is 0 Å². The Bertz CT molecular complexity index is 1060. The van der Waals surface area contributed by atoms with Crippen molar-refractivity contribution in [2.24, 2.45) is 5.92 Å². The van der Waals surface area contributed by atoms with Crippen LogP contribution in [0, 0.1) is 5.92 Å². The number of aliphatic hydroxyl groups excluding tert-OH is 1. The average molecular weight is 527 g/mol. The maximum Gasteiger partial charge on any atom is 0.117 e. The molecule has 2 heterocycles. The summed E-state index contributed by atoms with van der Waals surface area (Å²) in [7, 11) is 0. The molecule has 2 N–H and O–H groups in total. The highest BCUT2D eigenvalue weighted by Gasteiger charge is 2.41. The number of likely N-dealkylation sites (tertiary alicyclic amines) is 1. The van der Waals surface area contributed by atoms with E-state index in [2.05, 4.69) is 58.3 Å². The van der Waals surface area contributed by atoms with Crippen LogP contribution in [0.2, 0.25) is 0 Å². The third kappa shape index (κ3) is 6.92. The molecule has 2 aliphatic rings. The first-order valence-corrected chi connectivity index (χ1v) is 15.2. The van der Waals surface area contributed by atoms with E-state index in [9.17, 15) is 10.2 Å². The third-order valence-corrected chi connectivity index (χ3v) is 9.06. The molecule has 0 bridgehead atoms. The lowest BCUT2D eigenvalue weighted by atomic mass is 9.72. The fourth-order valence-corrected chi connectivity index (χ4v) is 6.67. The number of benzene rings is 3. The van der Waals surface area contributed by atoms with E-state index >= 15 is 0 Å². The van der Waals surface area contributed by atoms with E-state index in [1.807, 2.05) is 36.4 Å². The van der Waals surface area contributed by atoms with Crippen LogP contribution in [0.25, 0.3) is 0 Å². The van der Waals surface area contributed by atoms with Gasteiger partial charge in [-0.2, -0.15) is 0 Å². The molecular formula is C35H46N2O2. The van der Waals surface area contributed by atoms with E-state index in [0.717, 1.165) is 87.9 Å². The molecule has 39 heavy (non-hydrogen) atoms. The maximum atomic E-state index is 12.1. The molecule has 2 saturated heterocycles. The highest BCUT2D eigenvalue weighted by atomic mass is 16.3. The highest BCUT2D eigenvalue weighted by Crippen LogP contribution is 2.42. The van der Waals surface area contributed by atoms with Crippen LogP contribution in [0.1, 0.15) is 80.6 Å². The van der Waals surface area contributed by atoms with Gasteiger partial charge in [0.2, 0.25) is 0 Å². The van der Waals surface area contributed by atoms with E-state index in [4.69, 9.17) is 0 Å². The summed E-state index contributed by atoms with van der Waals surface area (Å²) >= 11 is 0. The predicted octanol–water partition coefficient (Wildman–Crippen LogP) is 6.92. The van der Waals surface area contributed by atoms with Crippen molar-refractivity contribution in [1.29, 1.82) is 0 Å². The molecule has 0 aliphatic carbocycles. The lowest BCUT2D eigenvalue weighted by Crippen LogP contribution is -2.44. The Morgan fingerprint density at radius 2 is 1.28 bits per heavy atom. The summed E-state index contributed by atoms with van der Waals surface area (Å²) in [4.78, 5) is 5.02. The summed E-state index contributed by atoms with van der Waals surface area (Å²) in [5.74, 6) is 0.204. The molecule has 0 amide bonds. The van der Waals surface area contributed by atoms with E-state index in [-0.39, 0.29) is 12.0 Å². The lowest BCUT2D eigenvalue weighted by molar-refractivity contribution is -0.0143. The summed E-state index contributed by atoms with van der Waals surface area (Å²) in [5, 5.41) is 22.8. The molecular weight excluding hydrogens is 480 g/mol. The number of hydrogen-bond acceptors (Lipinski definition) is 4. The van der Waals surface area contributed by atoms with Crippen molar-refractivity contribution in [2.75, 3.05) is 37.6 Å². The van der Waals surface area contributed by atoms with Crippen LogP contribution >= 0.6 is 0 Å². The first-order valence-electron chi connectivity index (χ1n) is 15.2. The van der Waals surface area contributed by atoms with Gasteiger partial charge in [-0.05, 0) is 99.3 Å². The molecule has 5 rings (SSSR count). The molecule has 1 unspecified atom stereocenters. The molecule has 3 aromatic carbocycles. The first-order chi connectivity index (χ1) is 19.1. The first kappa shape index (κ1) is 27.9.